The van der Waals surface area contributed by atoms with E-state index in [2.05, 4.69) is 0 Å². The van der Waals surface area contributed by atoms with Crippen LogP contribution in [-0.2, 0) is 4.79 Å². The lowest BCUT2D eigenvalue weighted by Crippen LogP contribution is -2.21. The second kappa shape index (κ2) is 13.4. The van der Waals surface area contributed by atoms with Crippen molar-refractivity contribution in [3.05, 3.63) is 0 Å². The predicted molar refractivity (Wildman–Crippen MR) is 80.7 cm³/mol. The molecule has 0 aliphatic carbocycles. The maximum absolute atomic E-state index is 10.3. The number of aliphatic hydroxyl groups is 2. The number of carboxylic acids is 1. The topological polar surface area (TPSA) is 77.8 Å². The Morgan fingerprint density at radius 2 is 1.20 bits per heavy atom. The van der Waals surface area contributed by atoms with Gasteiger partial charge in [0.25, 0.3) is 0 Å². The lowest BCUT2D eigenvalue weighted by Gasteiger charge is -2.12. The van der Waals surface area contributed by atoms with E-state index in [0.717, 1.165) is 32.1 Å². The van der Waals surface area contributed by atoms with Crippen LogP contribution in [0.1, 0.15) is 84.0 Å². The van der Waals surface area contributed by atoms with E-state index in [9.17, 15) is 9.90 Å². The zero-order valence-corrected chi connectivity index (χ0v) is 12.9. The Morgan fingerprint density at radius 3 is 1.60 bits per heavy atom. The summed E-state index contributed by atoms with van der Waals surface area (Å²) in [4.78, 5) is 10.3. The van der Waals surface area contributed by atoms with E-state index in [1.54, 1.807) is 6.92 Å². The molecule has 20 heavy (non-hydrogen) atoms. The average Bonchev–Trinajstić information content (AvgIpc) is 2.39. The Labute approximate surface area is 123 Å². The van der Waals surface area contributed by atoms with Crippen molar-refractivity contribution in [3.63, 3.8) is 0 Å². The maximum Gasteiger partial charge on any atom is 0.303 e. The fourth-order valence-electron chi connectivity index (χ4n) is 2.29. The van der Waals surface area contributed by atoms with Crippen molar-refractivity contribution < 1.29 is 20.1 Å². The first-order valence-corrected chi connectivity index (χ1v) is 8.12. The van der Waals surface area contributed by atoms with Gasteiger partial charge in [-0.15, -0.1) is 0 Å². The Balaban J connectivity index is 3.08. The minimum atomic E-state index is -0.689. The molecule has 120 valence electrons. The summed E-state index contributed by atoms with van der Waals surface area (Å²) in [7, 11) is 0. The second-order valence-corrected chi connectivity index (χ2v) is 5.78. The number of hydrogen-bond acceptors (Lipinski definition) is 3. The van der Waals surface area contributed by atoms with E-state index in [1.807, 2.05) is 0 Å². The third-order valence-electron chi connectivity index (χ3n) is 3.70. The van der Waals surface area contributed by atoms with Gasteiger partial charge in [0, 0.05) is 6.42 Å². The van der Waals surface area contributed by atoms with Crippen molar-refractivity contribution in [2.75, 3.05) is 0 Å². The van der Waals surface area contributed by atoms with Gasteiger partial charge in [-0.05, 0) is 19.8 Å². The second-order valence-electron chi connectivity index (χ2n) is 5.78. The van der Waals surface area contributed by atoms with Crippen molar-refractivity contribution in [2.45, 2.75) is 96.2 Å². The molecule has 0 rings (SSSR count). The normalized spacial score (nSPS) is 14.2. The Hall–Kier alpha value is -0.610. The van der Waals surface area contributed by atoms with Gasteiger partial charge in [0.2, 0.25) is 0 Å². The van der Waals surface area contributed by atoms with Crippen molar-refractivity contribution in [1.82, 2.24) is 0 Å². The smallest absolute Gasteiger partial charge is 0.303 e. The van der Waals surface area contributed by atoms with E-state index in [-0.39, 0.29) is 0 Å². The molecule has 0 spiro atoms. The minimum absolute atomic E-state index is 0.304. The zero-order chi connectivity index (χ0) is 15.2. The molecule has 0 aromatic heterocycles. The number of carboxylic acid groups (broad SMARTS) is 1. The summed E-state index contributed by atoms with van der Waals surface area (Å²) in [5.74, 6) is -0.689. The zero-order valence-electron chi connectivity index (χ0n) is 12.9. The van der Waals surface area contributed by atoms with Crippen LogP contribution in [0.15, 0.2) is 0 Å². The van der Waals surface area contributed by atoms with E-state index in [4.69, 9.17) is 10.2 Å². The summed E-state index contributed by atoms with van der Waals surface area (Å²) >= 11 is 0. The summed E-state index contributed by atoms with van der Waals surface area (Å²) in [6.07, 6.45) is 11.0. The number of hydrogen-bond donors (Lipinski definition) is 3. The summed E-state index contributed by atoms with van der Waals surface area (Å²) < 4.78 is 0. The predicted octanol–water partition coefficient (Wildman–Crippen LogP) is 3.49. The van der Waals surface area contributed by atoms with Crippen LogP contribution in [0.4, 0.5) is 0 Å². The Kier molecular flexibility index (Phi) is 13.0. The molecule has 0 aliphatic rings. The van der Waals surface area contributed by atoms with Gasteiger partial charge >= 0.3 is 5.97 Å². The monoisotopic (exact) mass is 288 g/mol. The molecule has 0 saturated carbocycles. The van der Waals surface area contributed by atoms with Crippen molar-refractivity contribution in [2.24, 2.45) is 0 Å². The van der Waals surface area contributed by atoms with Crippen LogP contribution in [0.25, 0.3) is 0 Å². The van der Waals surface area contributed by atoms with E-state index >= 15 is 0 Å². The molecular weight excluding hydrogens is 256 g/mol. The van der Waals surface area contributed by atoms with E-state index in [1.165, 1.54) is 32.1 Å². The third kappa shape index (κ3) is 13.8. The molecule has 0 amide bonds. The van der Waals surface area contributed by atoms with Gasteiger partial charge in [-0.25, -0.2) is 0 Å². The van der Waals surface area contributed by atoms with Gasteiger partial charge in [-0.2, -0.15) is 0 Å². The molecule has 4 nitrogen and oxygen atoms in total. The van der Waals surface area contributed by atoms with Gasteiger partial charge < -0.3 is 15.3 Å². The number of aliphatic carboxylic acids is 1. The molecule has 0 saturated heterocycles. The highest BCUT2D eigenvalue weighted by atomic mass is 16.4. The van der Waals surface area contributed by atoms with Crippen LogP contribution < -0.4 is 0 Å². The van der Waals surface area contributed by atoms with Gasteiger partial charge in [-0.1, -0.05) is 57.8 Å². The molecule has 0 aromatic carbocycles. The number of aliphatic hydroxyl groups excluding tert-OH is 2. The van der Waals surface area contributed by atoms with Crippen molar-refractivity contribution >= 4 is 5.97 Å². The maximum atomic E-state index is 10.3. The molecule has 0 fully saturated rings. The van der Waals surface area contributed by atoms with Crippen LogP contribution in [0.2, 0.25) is 0 Å². The molecule has 2 unspecified atom stereocenters. The largest absolute Gasteiger partial charge is 0.481 e. The lowest BCUT2D eigenvalue weighted by atomic mass is 10.0. The summed E-state index contributed by atoms with van der Waals surface area (Å²) in [6, 6.07) is 0. The standard InChI is InChI=1S/C16H32O4/c1-14(17)15(18)12-10-8-6-4-2-3-5-7-9-11-13-16(19)20/h14-15,17-18H,2-13H2,1H3,(H,19,20). The number of unbranched alkanes of at least 4 members (excludes halogenated alkanes) is 9. The average molecular weight is 288 g/mol. The first-order chi connectivity index (χ1) is 9.54. The van der Waals surface area contributed by atoms with E-state index < -0.39 is 18.2 Å². The van der Waals surface area contributed by atoms with Crippen LogP contribution in [-0.4, -0.2) is 33.5 Å². The first-order valence-electron chi connectivity index (χ1n) is 8.12. The Bertz CT molecular complexity index is 229. The molecule has 4 heteroatoms. The highest BCUT2D eigenvalue weighted by Crippen LogP contribution is 2.13. The fourth-order valence-corrected chi connectivity index (χ4v) is 2.29. The minimum Gasteiger partial charge on any atom is -0.481 e. The third-order valence-corrected chi connectivity index (χ3v) is 3.70. The molecule has 0 bridgehead atoms. The van der Waals surface area contributed by atoms with Crippen LogP contribution in [0, 0.1) is 0 Å². The molecule has 0 aliphatic heterocycles. The fraction of sp³-hybridized carbons (Fsp3) is 0.938. The molecular formula is C16H32O4. The van der Waals surface area contributed by atoms with Gasteiger partial charge in [-0.3, -0.25) is 4.79 Å². The molecule has 3 N–H and O–H groups in total. The molecule has 0 aromatic rings. The SMILES string of the molecule is CC(O)C(O)CCCCCCCCCCCCC(=O)O. The van der Waals surface area contributed by atoms with Crippen LogP contribution in [0.5, 0.6) is 0 Å². The van der Waals surface area contributed by atoms with E-state index in [0.29, 0.717) is 12.8 Å². The van der Waals surface area contributed by atoms with Crippen molar-refractivity contribution in [1.29, 1.82) is 0 Å². The highest BCUT2D eigenvalue weighted by Gasteiger charge is 2.09. The summed E-state index contributed by atoms with van der Waals surface area (Å²) in [6.45, 7) is 1.63. The summed E-state index contributed by atoms with van der Waals surface area (Å²) in [5, 5.41) is 27.0. The van der Waals surface area contributed by atoms with Gasteiger partial charge in [0.1, 0.15) is 0 Å². The Morgan fingerprint density at radius 1 is 0.800 bits per heavy atom. The van der Waals surface area contributed by atoms with Gasteiger partial charge in [0.15, 0.2) is 0 Å². The molecule has 2 atom stereocenters. The lowest BCUT2D eigenvalue weighted by molar-refractivity contribution is -0.137. The van der Waals surface area contributed by atoms with Crippen molar-refractivity contribution in [3.8, 4) is 0 Å². The quantitative estimate of drug-likeness (QED) is 0.428. The first kappa shape index (κ1) is 19.4. The molecule has 0 heterocycles. The van der Waals surface area contributed by atoms with Gasteiger partial charge in [0.05, 0.1) is 12.2 Å². The summed E-state index contributed by atoms with van der Waals surface area (Å²) in [5.41, 5.74) is 0. The number of carbonyl (C=O) groups is 1. The van der Waals surface area contributed by atoms with Crippen LogP contribution in [0.3, 0.4) is 0 Å². The number of rotatable bonds is 14. The van der Waals surface area contributed by atoms with Crippen LogP contribution >= 0.6 is 0 Å². The molecule has 0 radical (unpaired) electrons. The highest BCUT2D eigenvalue weighted by molar-refractivity contribution is 5.66.